The monoisotopic (exact) mass is 455 g/mol. The van der Waals surface area contributed by atoms with Gasteiger partial charge in [-0.3, -0.25) is 0 Å². The first-order valence-corrected chi connectivity index (χ1v) is 13.4. The lowest BCUT2D eigenvalue weighted by molar-refractivity contribution is 0.258. The number of piperidine rings is 1. The first kappa shape index (κ1) is 21.9. The smallest absolute Gasteiger partial charge is 0.178 e. The zero-order valence-corrected chi connectivity index (χ0v) is 19.6. The van der Waals surface area contributed by atoms with Crippen molar-refractivity contribution in [2.24, 2.45) is 0 Å². The van der Waals surface area contributed by atoms with Crippen molar-refractivity contribution in [3.8, 4) is 0 Å². The highest BCUT2D eigenvalue weighted by Crippen LogP contribution is 2.38. The fourth-order valence-electron chi connectivity index (χ4n) is 4.97. The van der Waals surface area contributed by atoms with E-state index in [1.807, 2.05) is 6.07 Å². The molecule has 1 fully saturated rings. The Kier molecular flexibility index (Phi) is 6.30. The third kappa shape index (κ3) is 4.73. The molecule has 4 heteroatoms. The van der Waals surface area contributed by atoms with Crippen LogP contribution in [0.5, 0.6) is 0 Å². The molecule has 1 heterocycles. The van der Waals surface area contributed by atoms with Gasteiger partial charge in [0.25, 0.3) is 0 Å². The van der Waals surface area contributed by atoms with Crippen LogP contribution in [0.3, 0.4) is 0 Å². The standard InChI is InChI=1S/C29H29NO2S/c31-33(32,26-11-2-1-3-12-26)22-8-19-30-20-17-25(18-21-30)29-27-13-6-4-9-23(27)15-16-24-10-5-7-14-28(24)29/h1-7,9-16H,8,17-22H2. The van der Waals surface area contributed by atoms with Gasteiger partial charge in [-0.2, -0.15) is 0 Å². The van der Waals surface area contributed by atoms with E-state index in [0.29, 0.717) is 11.3 Å². The highest BCUT2D eigenvalue weighted by Gasteiger charge is 2.23. The summed E-state index contributed by atoms with van der Waals surface area (Å²) in [5, 5.41) is 0. The van der Waals surface area contributed by atoms with Gasteiger partial charge in [-0.15, -0.1) is 0 Å². The fourth-order valence-corrected chi connectivity index (χ4v) is 6.28. The van der Waals surface area contributed by atoms with Crippen LogP contribution >= 0.6 is 0 Å². The van der Waals surface area contributed by atoms with Gasteiger partial charge in [-0.25, -0.2) is 8.42 Å². The Bertz CT molecular complexity index is 1240. The number of benzene rings is 3. The number of hydrogen-bond donors (Lipinski definition) is 0. The van der Waals surface area contributed by atoms with Crippen molar-refractivity contribution in [3.63, 3.8) is 0 Å². The summed E-state index contributed by atoms with van der Waals surface area (Å²) in [5.41, 5.74) is 8.06. The second-order valence-electron chi connectivity index (χ2n) is 8.81. The molecule has 0 spiro atoms. The second-order valence-corrected chi connectivity index (χ2v) is 10.9. The predicted octanol–water partition coefficient (Wildman–Crippen LogP) is 5.93. The molecule has 0 unspecified atom stereocenters. The molecule has 33 heavy (non-hydrogen) atoms. The van der Waals surface area contributed by atoms with Crippen molar-refractivity contribution in [3.05, 3.63) is 107 Å². The molecular formula is C29H29NO2S. The highest BCUT2D eigenvalue weighted by molar-refractivity contribution is 7.91. The van der Waals surface area contributed by atoms with E-state index >= 15 is 0 Å². The van der Waals surface area contributed by atoms with Crippen LogP contribution in [0.4, 0.5) is 0 Å². The van der Waals surface area contributed by atoms with Crippen LogP contribution < -0.4 is 0 Å². The molecule has 0 N–H and O–H groups in total. The second kappa shape index (κ2) is 9.50. The molecule has 3 nitrogen and oxygen atoms in total. The van der Waals surface area contributed by atoms with Crippen LogP contribution in [0, 0.1) is 0 Å². The summed E-state index contributed by atoms with van der Waals surface area (Å²) in [6, 6.07) is 26.1. The number of hydrogen-bond acceptors (Lipinski definition) is 3. The van der Waals surface area contributed by atoms with E-state index in [0.717, 1.165) is 32.5 Å². The van der Waals surface area contributed by atoms with Gasteiger partial charge in [-0.05, 0) is 65.8 Å². The maximum atomic E-state index is 12.6. The summed E-state index contributed by atoms with van der Waals surface area (Å²) in [4.78, 5) is 2.84. The largest absolute Gasteiger partial charge is 0.303 e. The Balaban J connectivity index is 1.30. The van der Waals surface area contributed by atoms with E-state index in [9.17, 15) is 8.42 Å². The number of nitrogens with zero attached hydrogens (tertiary/aromatic N) is 1. The van der Waals surface area contributed by atoms with Crippen LogP contribution in [-0.2, 0) is 9.84 Å². The summed E-state index contributed by atoms with van der Waals surface area (Å²) in [6.07, 6.45) is 7.15. The minimum Gasteiger partial charge on any atom is -0.303 e. The van der Waals surface area contributed by atoms with Gasteiger partial charge in [0.15, 0.2) is 9.84 Å². The zero-order chi connectivity index (χ0) is 22.7. The summed E-state index contributed by atoms with van der Waals surface area (Å²) in [5.74, 6) is 0.202. The van der Waals surface area contributed by atoms with Crippen LogP contribution in [0.1, 0.15) is 41.5 Å². The predicted molar refractivity (Wildman–Crippen MR) is 137 cm³/mol. The van der Waals surface area contributed by atoms with Gasteiger partial charge in [0.05, 0.1) is 10.6 Å². The van der Waals surface area contributed by atoms with Crippen molar-refractivity contribution >= 4 is 27.6 Å². The SMILES string of the molecule is O=S(=O)(CCCN1CCC(=C2c3ccccc3C=Cc3ccccc32)CC1)c1ccccc1. The van der Waals surface area contributed by atoms with E-state index in [2.05, 4.69) is 65.6 Å². The first-order chi connectivity index (χ1) is 16.1. The van der Waals surface area contributed by atoms with Crippen molar-refractivity contribution in [2.45, 2.75) is 24.2 Å². The Morgan fingerprint density at radius 1 is 0.697 bits per heavy atom. The van der Waals surface area contributed by atoms with Crippen LogP contribution in [-0.4, -0.2) is 38.7 Å². The van der Waals surface area contributed by atoms with Gasteiger partial charge in [0, 0.05) is 13.1 Å². The highest BCUT2D eigenvalue weighted by atomic mass is 32.2. The van der Waals surface area contributed by atoms with Crippen LogP contribution in [0.25, 0.3) is 17.7 Å². The number of sulfone groups is 1. The molecule has 0 saturated carbocycles. The van der Waals surface area contributed by atoms with Gasteiger partial charge in [-0.1, -0.05) is 84.5 Å². The van der Waals surface area contributed by atoms with Crippen LogP contribution in [0.15, 0.2) is 89.3 Å². The molecular weight excluding hydrogens is 426 g/mol. The van der Waals surface area contributed by atoms with Gasteiger partial charge < -0.3 is 4.90 Å². The molecule has 0 amide bonds. The number of fused-ring (bicyclic) bond motifs is 2. The van der Waals surface area contributed by atoms with Gasteiger partial charge in [0.2, 0.25) is 0 Å². The van der Waals surface area contributed by atoms with Crippen molar-refractivity contribution in [1.29, 1.82) is 0 Å². The lowest BCUT2D eigenvalue weighted by Crippen LogP contribution is -2.32. The summed E-state index contributed by atoms with van der Waals surface area (Å²) < 4.78 is 25.1. The maximum absolute atomic E-state index is 12.6. The van der Waals surface area contributed by atoms with Crippen molar-refractivity contribution in [1.82, 2.24) is 4.90 Å². The van der Waals surface area contributed by atoms with E-state index in [4.69, 9.17) is 0 Å². The molecule has 0 bridgehead atoms. The third-order valence-electron chi connectivity index (χ3n) is 6.71. The summed E-state index contributed by atoms with van der Waals surface area (Å²) in [7, 11) is -3.20. The third-order valence-corrected chi connectivity index (χ3v) is 8.52. The fraction of sp³-hybridized carbons (Fsp3) is 0.241. The molecule has 1 saturated heterocycles. The minimum atomic E-state index is -3.20. The van der Waals surface area contributed by atoms with Gasteiger partial charge in [0.1, 0.15) is 0 Å². The molecule has 0 atom stereocenters. The quantitative estimate of drug-likeness (QED) is 0.374. The Labute approximate surface area is 197 Å². The average Bonchev–Trinajstić information content (AvgIpc) is 3.02. The van der Waals surface area contributed by atoms with Crippen LogP contribution in [0.2, 0.25) is 0 Å². The molecule has 1 aliphatic carbocycles. The molecule has 3 aromatic carbocycles. The first-order valence-electron chi connectivity index (χ1n) is 11.7. The minimum absolute atomic E-state index is 0.202. The van der Waals surface area contributed by atoms with Crippen molar-refractivity contribution in [2.75, 3.05) is 25.4 Å². The zero-order valence-electron chi connectivity index (χ0n) is 18.8. The number of likely N-dealkylation sites (tertiary alicyclic amines) is 1. The normalized spacial score (nSPS) is 16.2. The summed E-state index contributed by atoms with van der Waals surface area (Å²) in [6.45, 7) is 2.77. The lowest BCUT2D eigenvalue weighted by Gasteiger charge is -2.30. The molecule has 1 aliphatic heterocycles. The Morgan fingerprint density at radius 3 is 1.85 bits per heavy atom. The van der Waals surface area contributed by atoms with E-state index in [-0.39, 0.29) is 5.75 Å². The molecule has 5 rings (SSSR count). The number of rotatable bonds is 5. The van der Waals surface area contributed by atoms with E-state index in [1.54, 1.807) is 24.3 Å². The molecule has 2 aliphatic rings. The Hall–Kier alpha value is -2.95. The van der Waals surface area contributed by atoms with E-state index in [1.165, 1.54) is 33.4 Å². The maximum Gasteiger partial charge on any atom is 0.178 e. The topological polar surface area (TPSA) is 37.4 Å². The Morgan fingerprint density at radius 2 is 1.24 bits per heavy atom. The van der Waals surface area contributed by atoms with Crippen molar-refractivity contribution < 1.29 is 8.42 Å². The van der Waals surface area contributed by atoms with Gasteiger partial charge >= 0.3 is 0 Å². The lowest BCUT2D eigenvalue weighted by atomic mass is 9.86. The molecule has 0 aromatic heterocycles. The molecule has 0 radical (unpaired) electrons. The molecule has 3 aromatic rings. The summed E-state index contributed by atoms with van der Waals surface area (Å²) >= 11 is 0. The molecule has 168 valence electrons. The van der Waals surface area contributed by atoms with E-state index < -0.39 is 9.84 Å². The average molecular weight is 456 g/mol.